The molecule has 1 saturated heterocycles. The topological polar surface area (TPSA) is 46.6 Å². The molecule has 0 saturated carbocycles. The summed E-state index contributed by atoms with van der Waals surface area (Å²) in [6.45, 7) is 3.98. The summed E-state index contributed by atoms with van der Waals surface area (Å²) in [5.41, 5.74) is 1.50. The summed E-state index contributed by atoms with van der Waals surface area (Å²) in [5, 5.41) is 0.944. The second-order valence-electron chi connectivity index (χ2n) is 5.93. The fourth-order valence-corrected chi connectivity index (χ4v) is 4.68. The van der Waals surface area contributed by atoms with E-state index in [1.807, 2.05) is 6.07 Å². The van der Waals surface area contributed by atoms with Gasteiger partial charge in [-0.05, 0) is 69.2 Å². The van der Waals surface area contributed by atoms with Gasteiger partial charge in [0.2, 0.25) is 0 Å². The number of benzene rings is 2. The molecule has 1 heterocycles. The van der Waals surface area contributed by atoms with Crippen molar-refractivity contribution in [3.8, 4) is 5.75 Å². The molecule has 2 aromatic carbocycles. The molecule has 9 heteroatoms. The third-order valence-corrected chi connectivity index (χ3v) is 6.39. The molecular formula is C20H13BrCl3NO3S. The zero-order chi connectivity index (χ0) is 21.1. The lowest BCUT2D eigenvalue weighted by Gasteiger charge is -2.12. The van der Waals surface area contributed by atoms with Crippen LogP contribution in [0.1, 0.15) is 11.1 Å². The average molecular weight is 534 g/mol. The number of nitrogens with zero attached hydrogens (tertiary/aromatic N) is 1. The standard InChI is InChI=1S/C20H13BrCl3NO3S/c1-2-5-25-19(26)17(29-20(25)27)9-12-6-13(21)18(16(24)8-12)28-10-11-3-4-14(22)15(23)7-11/h2-4,6-9H,1,5,10H2/b17-9+. The zero-order valence-electron chi connectivity index (χ0n) is 14.8. The summed E-state index contributed by atoms with van der Waals surface area (Å²) in [4.78, 5) is 25.7. The number of hydrogen-bond donors (Lipinski definition) is 0. The zero-order valence-corrected chi connectivity index (χ0v) is 19.4. The molecule has 1 aliphatic heterocycles. The molecule has 1 aliphatic rings. The molecule has 0 N–H and O–H groups in total. The van der Waals surface area contributed by atoms with Gasteiger partial charge in [-0.3, -0.25) is 14.5 Å². The average Bonchev–Trinajstić information content (AvgIpc) is 2.91. The number of halogens is 4. The lowest BCUT2D eigenvalue weighted by Crippen LogP contribution is -2.27. The third-order valence-electron chi connectivity index (χ3n) is 3.87. The Balaban J connectivity index is 1.79. The first-order chi connectivity index (χ1) is 13.8. The van der Waals surface area contributed by atoms with Gasteiger partial charge in [0.15, 0.2) is 5.75 Å². The monoisotopic (exact) mass is 531 g/mol. The second kappa shape index (κ2) is 9.58. The van der Waals surface area contributed by atoms with Crippen LogP contribution in [-0.4, -0.2) is 22.6 Å². The minimum Gasteiger partial charge on any atom is -0.486 e. The lowest BCUT2D eigenvalue weighted by molar-refractivity contribution is -0.122. The van der Waals surface area contributed by atoms with Crippen molar-refractivity contribution in [2.45, 2.75) is 6.61 Å². The molecule has 2 aromatic rings. The van der Waals surface area contributed by atoms with E-state index in [0.717, 1.165) is 22.2 Å². The van der Waals surface area contributed by atoms with Crippen LogP contribution >= 0.6 is 62.5 Å². The van der Waals surface area contributed by atoms with E-state index in [0.29, 0.717) is 35.8 Å². The van der Waals surface area contributed by atoms with E-state index < -0.39 is 0 Å². The Morgan fingerprint density at radius 3 is 2.52 bits per heavy atom. The summed E-state index contributed by atoms with van der Waals surface area (Å²) in [5.74, 6) is 0.0988. The molecule has 0 radical (unpaired) electrons. The van der Waals surface area contributed by atoms with Crippen LogP contribution in [0.3, 0.4) is 0 Å². The Labute approximate surface area is 195 Å². The summed E-state index contributed by atoms with van der Waals surface area (Å²) in [6, 6.07) is 8.65. The van der Waals surface area contributed by atoms with Gasteiger partial charge in [0, 0.05) is 6.54 Å². The van der Waals surface area contributed by atoms with Crippen LogP contribution < -0.4 is 4.74 Å². The van der Waals surface area contributed by atoms with Crippen molar-refractivity contribution in [1.29, 1.82) is 0 Å². The van der Waals surface area contributed by atoms with Gasteiger partial charge in [-0.1, -0.05) is 46.9 Å². The number of imide groups is 1. The van der Waals surface area contributed by atoms with Crippen LogP contribution in [0.25, 0.3) is 6.08 Å². The van der Waals surface area contributed by atoms with Crippen LogP contribution in [0.15, 0.2) is 52.4 Å². The number of amides is 2. The first-order valence-corrected chi connectivity index (χ1v) is 11.0. The Bertz CT molecular complexity index is 1020. The van der Waals surface area contributed by atoms with Gasteiger partial charge in [0.05, 0.1) is 24.4 Å². The highest BCUT2D eigenvalue weighted by molar-refractivity contribution is 9.10. The summed E-state index contributed by atoms with van der Waals surface area (Å²) < 4.78 is 6.43. The van der Waals surface area contributed by atoms with Crippen molar-refractivity contribution < 1.29 is 14.3 Å². The van der Waals surface area contributed by atoms with Gasteiger partial charge in [-0.2, -0.15) is 0 Å². The Morgan fingerprint density at radius 1 is 1.10 bits per heavy atom. The quantitative estimate of drug-likeness (QED) is 0.291. The Morgan fingerprint density at radius 2 is 1.86 bits per heavy atom. The Hall–Kier alpha value is -1.44. The molecule has 0 unspecified atom stereocenters. The maximum Gasteiger partial charge on any atom is 0.293 e. The number of carbonyl (C=O) groups excluding carboxylic acids is 2. The largest absolute Gasteiger partial charge is 0.486 e. The fraction of sp³-hybridized carbons (Fsp3) is 0.100. The maximum atomic E-state index is 12.3. The predicted molar refractivity (Wildman–Crippen MR) is 123 cm³/mol. The van der Waals surface area contributed by atoms with Crippen molar-refractivity contribution in [2.75, 3.05) is 6.54 Å². The van der Waals surface area contributed by atoms with E-state index in [-0.39, 0.29) is 24.3 Å². The fourth-order valence-electron chi connectivity index (χ4n) is 2.52. The molecule has 29 heavy (non-hydrogen) atoms. The van der Waals surface area contributed by atoms with E-state index >= 15 is 0 Å². The van der Waals surface area contributed by atoms with Crippen LogP contribution in [-0.2, 0) is 11.4 Å². The minimum atomic E-state index is -0.355. The van der Waals surface area contributed by atoms with Crippen molar-refractivity contribution >= 4 is 79.7 Å². The van der Waals surface area contributed by atoms with Crippen LogP contribution in [0.4, 0.5) is 4.79 Å². The van der Waals surface area contributed by atoms with Crippen LogP contribution in [0.5, 0.6) is 5.75 Å². The van der Waals surface area contributed by atoms with Gasteiger partial charge in [-0.25, -0.2) is 0 Å². The number of carbonyl (C=O) groups is 2. The maximum absolute atomic E-state index is 12.3. The van der Waals surface area contributed by atoms with Crippen molar-refractivity contribution in [2.24, 2.45) is 0 Å². The number of ether oxygens (including phenoxy) is 1. The van der Waals surface area contributed by atoms with E-state index in [4.69, 9.17) is 39.5 Å². The number of hydrogen-bond acceptors (Lipinski definition) is 4. The molecule has 0 atom stereocenters. The highest BCUT2D eigenvalue weighted by Crippen LogP contribution is 2.38. The van der Waals surface area contributed by atoms with E-state index in [9.17, 15) is 9.59 Å². The lowest BCUT2D eigenvalue weighted by atomic mass is 10.2. The summed E-state index contributed by atoms with van der Waals surface area (Å²) in [7, 11) is 0. The normalized spacial score (nSPS) is 15.3. The van der Waals surface area contributed by atoms with Crippen molar-refractivity contribution in [3.05, 3.63) is 78.6 Å². The van der Waals surface area contributed by atoms with Gasteiger partial charge < -0.3 is 4.74 Å². The van der Waals surface area contributed by atoms with E-state index in [2.05, 4.69) is 22.5 Å². The summed E-state index contributed by atoms with van der Waals surface area (Å²) in [6.07, 6.45) is 3.13. The number of thioether (sulfide) groups is 1. The highest BCUT2D eigenvalue weighted by Gasteiger charge is 2.34. The van der Waals surface area contributed by atoms with Crippen LogP contribution in [0.2, 0.25) is 15.1 Å². The van der Waals surface area contributed by atoms with Gasteiger partial charge in [-0.15, -0.1) is 6.58 Å². The highest BCUT2D eigenvalue weighted by atomic mass is 79.9. The molecule has 2 amide bonds. The van der Waals surface area contributed by atoms with E-state index in [1.54, 1.807) is 30.3 Å². The summed E-state index contributed by atoms with van der Waals surface area (Å²) >= 11 is 22.6. The Kier molecular flexibility index (Phi) is 7.35. The predicted octanol–water partition coefficient (Wildman–Crippen LogP) is 7.21. The molecule has 3 rings (SSSR count). The molecule has 0 spiro atoms. The van der Waals surface area contributed by atoms with E-state index in [1.165, 1.54) is 6.08 Å². The molecule has 0 aromatic heterocycles. The second-order valence-corrected chi connectivity index (χ2v) is 9.00. The molecule has 4 nitrogen and oxygen atoms in total. The first-order valence-electron chi connectivity index (χ1n) is 8.22. The van der Waals surface area contributed by atoms with Gasteiger partial charge in [0.1, 0.15) is 6.61 Å². The number of rotatable bonds is 6. The van der Waals surface area contributed by atoms with Gasteiger partial charge in [0.25, 0.3) is 11.1 Å². The molecule has 0 bridgehead atoms. The molecule has 150 valence electrons. The van der Waals surface area contributed by atoms with Crippen LogP contribution in [0, 0.1) is 0 Å². The van der Waals surface area contributed by atoms with Crippen molar-refractivity contribution in [1.82, 2.24) is 4.90 Å². The minimum absolute atomic E-state index is 0.175. The molecule has 1 fully saturated rings. The smallest absolute Gasteiger partial charge is 0.293 e. The third kappa shape index (κ3) is 5.19. The van der Waals surface area contributed by atoms with Gasteiger partial charge >= 0.3 is 0 Å². The first kappa shape index (κ1) is 22.2. The SMILES string of the molecule is C=CCN1C(=O)S/C(=C/c2cc(Cl)c(OCc3ccc(Cl)c(Cl)c3)c(Br)c2)C1=O. The molecule has 0 aliphatic carbocycles. The van der Waals surface area contributed by atoms with Crippen molar-refractivity contribution in [3.63, 3.8) is 0 Å². The molecular weight excluding hydrogens is 521 g/mol.